The number of fused-ring (bicyclic) bond motifs is 2. The number of carbonyl (C=O) groups is 2. The van der Waals surface area contributed by atoms with Gasteiger partial charge in [0.15, 0.2) is 16.6 Å². The average molecular weight is 448 g/mol. The second-order valence-corrected chi connectivity index (χ2v) is 9.13. The molecule has 1 aliphatic carbocycles. The van der Waals surface area contributed by atoms with E-state index in [0.29, 0.717) is 22.2 Å². The minimum absolute atomic E-state index is 0.170. The molecule has 1 N–H and O–H groups in total. The molecular formula is C24H21N3O4S. The van der Waals surface area contributed by atoms with Crippen molar-refractivity contribution < 1.29 is 19.1 Å². The Morgan fingerprint density at radius 1 is 1.09 bits per heavy atom. The zero-order valence-electron chi connectivity index (χ0n) is 17.3. The van der Waals surface area contributed by atoms with Crippen molar-refractivity contribution in [2.45, 2.75) is 25.7 Å². The highest BCUT2D eigenvalue weighted by molar-refractivity contribution is 7.14. The number of hydrogen-bond donors (Lipinski definition) is 1. The lowest BCUT2D eigenvalue weighted by Crippen LogP contribution is -2.36. The molecule has 3 aromatic rings. The van der Waals surface area contributed by atoms with Crippen molar-refractivity contribution in [3.05, 3.63) is 52.9 Å². The highest BCUT2D eigenvalue weighted by Crippen LogP contribution is 2.38. The van der Waals surface area contributed by atoms with E-state index in [2.05, 4.69) is 16.4 Å². The summed E-state index contributed by atoms with van der Waals surface area (Å²) in [6, 6.07) is 11.3. The number of thiazole rings is 1. The number of amides is 2. The summed E-state index contributed by atoms with van der Waals surface area (Å²) in [5.41, 5.74) is 4.50. The van der Waals surface area contributed by atoms with Crippen LogP contribution in [0, 0.1) is 5.92 Å². The van der Waals surface area contributed by atoms with E-state index in [1.165, 1.54) is 16.9 Å². The summed E-state index contributed by atoms with van der Waals surface area (Å²) in [4.78, 5) is 31.8. The Balaban J connectivity index is 1.20. The summed E-state index contributed by atoms with van der Waals surface area (Å²) in [5, 5.41) is 5.33. The summed E-state index contributed by atoms with van der Waals surface area (Å²) in [6.07, 6.45) is 3.96. The fourth-order valence-electron chi connectivity index (χ4n) is 4.21. The number of aromatic nitrogens is 1. The normalized spacial score (nSPS) is 16.6. The largest absolute Gasteiger partial charge is 0.454 e. The van der Waals surface area contributed by atoms with Gasteiger partial charge in [0.25, 0.3) is 5.91 Å². The quantitative estimate of drug-likeness (QED) is 0.638. The highest BCUT2D eigenvalue weighted by atomic mass is 32.1. The maximum Gasteiger partial charge on any atom is 0.257 e. The lowest BCUT2D eigenvalue weighted by Gasteiger charge is -2.30. The summed E-state index contributed by atoms with van der Waals surface area (Å²) >= 11 is 1.38. The molecule has 2 aliphatic heterocycles. The zero-order valence-corrected chi connectivity index (χ0v) is 18.1. The predicted octanol–water partition coefficient (Wildman–Crippen LogP) is 4.48. The molecule has 8 heteroatoms. The first-order valence-electron chi connectivity index (χ1n) is 10.8. The Kier molecular flexibility index (Phi) is 4.61. The van der Waals surface area contributed by atoms with E-state index < -0.39 is 0 Å². The first-order valence-corrected chi connectivity index (χ1v) is 11.6. The molecule has 162 valence electrons. The molecule has 3 heterocycles. The minimum atomic E-state index is -0.246. The van der Waals surface area contributed by atoms with Gasteiger partial charge in [-0.05, 0) is 61.6 Å². The molecule has 6 rings (SSSR count). The van der Waals surface area contributed by atoms with Crippen molar-refractivity contribution in [2.24, 2.45) is 5.92 Å². The first kappa shape index (κ1) is 19.3. The summed E-state index contributed by atoms with van der Waals surface area (Å²) in [7, 11) is 0. The van der Waals surface area contributed by atoms with Crippen molar-refractivity contribution in [1.82, 2.24) is 4.98 Å². The Bertz CT molecular complexity index is 1230. The van der Waals surface area contributed by atoms with Crippen LogP contribution in [0.5, 0.6) is 11.5 Å². The van der Waals surface area contributed by atoms with Gasteiger partial charge in [0.2, 0.25) is 12.7 Å². The monoisotopic (exact) mass is 447 g/mol. The van der Waals surface area contributed by atoms with Gasteiger partial charge in [-0.2, -0.15) is 0 Å². The van der Waals surface area contributed by atoms with Crippen molar-refractivity contribution in [1.29, 1.82) is 0 Å². The first-order chi connectivity index (χ1) is 15.7. The molecule has 0 radical (unpaired) electrons. The van der Waals surface area contributed by atoms with Crippen LogP contribution in [0.1, 0.15) is 35.2 Å². The molecule has 0 spiro atoms. The fourth-order valence-corrected chi connectivity index (χ4v) is 4.92. The summed E-state index contributed by atoms with van der Waals surface area (Å²) in [5.74, 6) is 1.45. The topological polar surface area (TPSA) is 80.8 Å². The average Bonchev–Trinajstić information content (AvgIpc) is 3.38. The number of carbonyl (C=O) groups excluding carboxylic acids is 2. The number of anilines is 2. The Hall–Kier alpha value is -3.39. The molecule has 7 nitrogen and oxygen atoms in total. The molecule has 1 saturated carbocycles. The molecular weight excluding hydrogens is 426 g/mol. The van der Waals surface area contributed by atoms with Gasteiger partial charge in [-0.3, -0.25) is 14.9 Å². The number of nitrogens with zero attached hydrogens (tertiary/aromatic N) is 2. The van der Waals surface area contributed by atoms with Gasteiger partial charge >= 0.3 is 0 Å². The fraction of sp³-hybridized carbons (Fsp3) is 0.292. The number of rotatable bonds is 4. The lowest BCUT2D eigenvalue weighted by molar-refractivity contribution is -0.119. The minimum Gasteiger partial charge on any atom is -0.454 e. The van der Waals surface area contributed by atoms with Gasteiger partial charge in [-0.25, -0.2) is 4.98 Å². The second-order valence-electron chi connectivity index (χ2n) is 8.27. The van der Waals surface area contributed by atoms with Gasteiger partial charge < -0.3 is 14.4 Å². The summed E-state index contributed by atoms with van der Waals surface area (Å²) < 4.78 is 10.6. The third-order valence-corrected chi connectivity index (χ3v) is 6.80. The van der Waals surface area contributed by atoms with Crippen LogP contribution in [0.4, 0.5) is 10.8 Å². The van der Waals surface area contributed by atoms with Crippen LogP contribution in [-0.4, -0.2) is 30.1 Å². The zero-order chi connectivity index (χ0) is 21.7. The van der Waals surface area contributed by atoms with Crippen LogP contribution in [0.25, 0.3) is 11.3 Å². The maximum atomic E-state index is 12.6. The Morgan fingerprint density at radius 2 is 1.97 bits per heavy atom. The second kappa shape index (κ2) is 7.63. The number of ether oxygens (including phenoxy) is 2. The lowest BCUT2D eigenvalue weighted by atomic mass is 9.98. The van der Waals surface area contributed by atoms with Crippen LogP contribution in [0.3, 0.4) is 0 Å². The highest BCUT2D eigenvalue weighted by Gasteiger charge is 2.35. The number of benzene rings is 2. The number of aryl methyl sites for hydroxylation is 1. The van der Waals surface area contributed by atoms with E-state index in [4.69, 9.17) is 9.47 Å². The number of hydrogen-bond acceptors (Lipinski definition) is 6. The molecule has 0 saturated heterocycles. The van der Waals surface area contributed by atoms with Gasteiger partial charge in [-0.1, -0.05) is 6.07 Å². The van der Waals surface area contributed by atoms with Crippen LogP contribution < -0.4 is 19.7 Å². The Morgan fingerprint density at radius 3 is 2.84 bits per heavy atom. The third-order valence-electron chi connectivity index (χ3n) is 6.05. The molecule has 0 atom stereocenters. The smallest absolute Gasteiger partial charge is 0.257 e. The molecule has 0 bridgehead atoms. The molecule has 2 amide bonds. The van der Waals surface area contributed by atoms with E-state index in [-0.39, 0.29) is 24.5 Å². The van der Waals surface area contributed by atoms with Crippen LogP contribution in [-0.2, 0) is 11.2 Å². The van der Waals surface area contributed by atoms with Gasteiger partial charge in [0.05, 0.1) is 5.69 Å². The molecule has 2 aromatic carbocycles. The van der Waals surface area contributed by atoms with Crippen LogP contribution >= 0.6 is 11.3 Å². The van der Waals surface area contributed by atoms with Crippen LogP contribution in [0.2, 0.25) is 0 Å². The van der Waals surface area contributed by atoms with E-state index >= 15 is 0 Å². The van der Waals surface area contributed by atoms with Crippen molar-refractivity contribution in [3.63, 3.8) is 0 Å². The van der Waals surface area contributed by atoms with Gasteiger partial charge in [-0.15, -0.1) is 11.3 Å². The van der Waals surface area contributed by atoms with Crippen molar-refractivity contribution in [3.8, 4) is 22.8 Å². The SMILES string of the molecule is O=C(Nc1nc(-c2ccc3c(c2)CCCN3C(=O)C2CC2)cs1)c1ccc2c(c1)OCO2. The maximum absolute atomic E-state index is 12.6. The van der Waals surface area contributed by atoms with Crippen molar-refractivity contribution in [2.75, 3.05) is 23.6 Å². The third kappa shape index (κ3) is 3.50. The Labute approximate surface area is 189 Å². The molecule has 1 fully saturated rings. The van der Waals surface area contributed by atoms with E-state index in [0.717, 1.165) is 49.2 Å². The molecule has 32 heavy (non-hydrogen) atoms. The van der Waals surface area contributed by atoms with E-state index in [9.17, 15) is 9.59 Å². The molecule has 1 aromatic heterocycles. The van der Waals surface area contributed by atoms with Crippen molar-refractivity contribution >= 4 is 34.0 Å². The predicted molar refractivity (Wildman–Crippen MR) is 121 cm³/mol. The molecule has 3 aliphatic rings. The van der Waals surface area contributed by atoms with E-state index in [1.54, 1.807) is 18.2 Å². The van der Waals surface area contributed by atoms with Gasteiger partial charge in [0.1, 0.15) is 0 Å². The number of nitrogens with one attached hydrogen (secondary N) is 1. The van der Waals surface area contributed by atoms with Gasteiger partial charge in [0, 0.05) is 34.7 Å². The standard InChI is InChI=1S/C24H21N3O4S/c28-22(17-6-8-20-21(11-17)31-13-30-20)26-24-25-18(12-32-24)15-5-7-19-16(10-15)2-1-9-27(19)23(29)14-3-4-14/h5-8,10-12,14H,1-4,9,13H2,(H,25,26,28). The summed E-state index contributed by atoms with van der Waals surface area (Å²) in [6.45, 7) is 0.970. The molecule has 0 unspecified atom stereocenters. The van der Waals surface area contributed by atoms with Crippen LogP contribution in [0.15, 0.2) is 41.8 Å². The van der Waals surface area contributed by atoms with E-state index in [1.807, 2.05) is 22.4 Å².